The van der Waals surface area contributed by atoms with E-state index in [1.807, 2.05) is 6.92 Å². The van der Waals surface area contributed by atoms with Gasteiger partial charge in [0, 0.05) is 17.2 Å². The van der Waals surface area contributed by atoms with E-state index in [1.54, 1.807) is 18.2 Å². The lowest BCUT2D eigenvalue weighted by molar-refractivity contribution is -0.384. The first-order valence-electron chi connectivity index (χ1n) is 5.45. The molecule has 0 aliphatic rings. The minimum Gasteiger partial charge on any atom is -0.455 e. The van der Waals surface area contributed by atoms with Gasteiger partial charge in [0.15, 0.2) is 5.75 Å². The quantitative estimate of drug-likeness (QED) is 0.524. The van der Waals surface area contributed by atoms with Crippen LogP contribution in [0.5, 0.6) is 11.5 Å². The molecule has 2 rings (SSSR count). The number of halogens is 1. The van der Waals surface area contributed by atoms with E-state index in [2.05, 4.69) is 0 Å². The van der Waals surface area contributed by atoms with Gasteiger partial charge in [-0.15, -0.1) is 0 Å². The summed E-state index contributed by atoms with van der Waals surface area (Å²) in [5, 5.41) is 11.2. The number of hydrogen-bond acceptors (Lipinski definition) is 4. The standard InChI is InChI=1S/C13H11ClN2O3/c1-8-6-9(14)2-4-12(8)19-13-5-3-10(16(17)18)7-11(13)15/h2-7H,15H2,1H3. The van der Waals surface area contributed by atoms with E-state index in [4.69, 9.17) is 22.1 Å². The smallest absolute Gasteiger partial charge is 0.271 e. The minimum atomic E-state index is -0.506. The van der Waals surface area contributed by atoms with Crippen LogP contribution in [-0.2, 0) is 0 Å². The van der Waals surface area contributed by atoms with Crippen molar-refractivity contribution in [1.82, 2.24) is 0 Å². The lowest BCUT2D eigenvalue weighted by Gasteiger charge is -2.10. The van der Waals surface area contributed by atoms with Gasteiger partial charge in [0.2, 0.25) is 0 Å². The van der Waals surface area contributed by atoms with Crippen molar-refractivity contribution in [3.8, 4) is 11.5 Å². The van der Waals surface area contributed by atoms with Gasteiger partial charge < -0.3 is 10.5 Å². The number of nitro benzene ring substituents is 1. The molecule has 0 saturated heterocycles. The highest BCUT2D eigenvalue weighted by atomic mass is 35.5. The van der Waals surface area contributed by atoms with Crippen molar-refractivity contribution in [3.63, 3.8) is 0 Å². The number of aryl methyl sites for hydroxylation is 1. The molecule has 0 aromatic heterocycles. The molecule has 0 fully saturated rings. The normalized spacial score (nSPS) is 10.2. The first-order chi connectivity index (χ1) is 8.97. The van der Waals surface area contributed by atoms with Crippen molar-refractivity contribution < 1.29 is 9.66 Å². The van der Waals surface area contributed by atoms with Gasteiger partial charge in [0.05, 0.1) is 10.6 Å². The molecule has 6 heteroatoms. The Morgan fingerprint density at radius 2 is 1.89 bits per heavy atom. The molecule has 0 aliphatic heterocycles. The molecule has 5 nitrogen and oxygen atoms in total. The average Bonchev–Trinajstić information content (AvgIpc) is 2.34. The van der Waals surface area contributed by atoms with Gasteiger partial charge in [0.1, 0.15) is 5.75 Å². The predicted octanol–water partition coefficient (Wildman–Crippen LogP) is 3.93. The molecule has 0 aliphatic carbocycles. The van der Waals surface area contributed by atoms with Gasteiger partial charge in [-0.2, -0.15) is 0 Å². The molecular weight excluding hydrogens is 268 g/mol. The van der Waals surface area contributed by atoms with E-state index >= 15 is 0 Å². The molecular formula is C13H11ClN2O3. The summed E-state index contributed by atoms with van der Waals surface area (Å²) in [4.78, 5) is 10.1. The molecule has 2 N–H and O–H groups in total. The minimum absolute atomic E-state index is 0.0716. The summed E-state index contributed by atoms with van der Waals surface area (Å²) in [5.74, 6) is 0.973. The van der Waals surface area contributed by atoms with E-state index in [0.29, 0.717) is 16.5 Å². The fourth-order valence-electron chi connectivity index (χ4n) is 1.59. The van der Waals surface area contributed by atoms with Crippen LogP contribution >= 0.6 is 11.6 Å². The van der Waals surface area contributed by atoms with Crippen molar-refractivity contribution in [1.29, 1.82) is 0 Å². The number of rotatable bonds is 3. The van der Waals surface area contributed by atoms with E-state index < -0.39 is 4.92 Å². The molecule has 19 heavy (non-hydrogen) atoms. The summed E-state index contributed by atoms with van der Waals surface area (Å²) in [6.07, 6.45) is 0. The van der Waals surface area contributed by atoms with Gasteiger partial charge in [0.25, 0.3) is 5.69 Å². The molecule has 0 spiro atoms. The molecule has 0 heterocycles. The zero-order chi connectivity index (χ0) is 14.0. The number of ether oxygens (including phenoxy) is 1. The fraction of sp³-hybridized carbons (Fsp3) is 0.0769. The molecule has 0 bridgehead atoms. The Morgan fingerprint density at radius 1 is 1.21 bits per heavy atom. The Hall–Kier alpha value is -2.27. The summed E-state index contributed by atoms with van der Waals surface area (Å²) in [6, 6.07) is 9.27. The number of non-ortho nitro benzene ring substituents is 1. The third-order valence-electron chi connectivity index (χ3n) is 2.56. The van der Waals surface area contributed by atoms with Crippen molar-refractivity contribution >= 4 is 23.0 Å². The van der Waals surface area contributed by atoms with Crippen LogP contribution < -0.4 is 10.5 Å². The van der Waals surface area contributed by atoms with Crippen molar-refractivity contribution in [2.24, 2.45) is 0 Å². The molecule has 0 radical (unpaired) electrons. The number of nitro groups is 1. The number of nitrogen functional groups attached to an aromatic ring is 1. The third-order valence-corrected chi connectivity index (χ3v) is 2.80. The summed E-state index contributed by atoms with van der Waals surface area (Å²) >= 11 is 5.85. The van der Waals surface area contributed by atoms with Gasteiger partial charge in [-0.05, 0) is 36.8 Å². The van der Waals surface area contributed by atoms with Crippen molar-refractivity contribution in [2.45, 2.75) is 6.92 Å². The van der Waals surface area contributed by atoms with E-state index in [0.717, 1.165) is 5.56 Å². The van der Waals surface area contributed by atoms with Gasteiger partial charge in [-0.1, -0.05) is 11.6 Å². The first-order valence-corrected chi connectivity index (χ1v) is 5.83. The molecule has 0 atom stereocenters. The van der Waals surface area contributed by atoms with Crippen LogP contribution in [0.1, 0.15) is 5.56 Å². The van der Waals surface area contributed by atoms with Gasteiger partial charge in [-0.25, -0.2) is 0 Å². The third kappa shape index (κ3) is 2.95. The molecule has 0 unspecified atom stereocenters. The van der Waals surface area contributed by atoms with Crippen LogP contribution in [0.2, 0.25) is 5.02 Å². The van der Waals surface area contributed by atoms with E-state index in [1.165, 1.54) is 18.2 Å². The maximum atomic E-state index is 10.6. The second kappa shape index (κ2) is 5.16. The summed E-state index contributed by atoms with van der Waals surface area (Å²) in [5.41, 5.74) is 6.72. The largest absolute Gasteiger partial charge is 0.455 e. The lowest BCUT2D eigenvalue weighted by Crippen LogP contribution is -1.95. The molecule has 2 aromatic carbocycles. The van der Waals surface area contributed by atoms with Crippen LogP contribution in [-0.4, -0.2) is 4.92 Å². The second-order valence-electron chi connectivity index (χ2n) is 3.99. The zero-order valence-corrected chi connectivity index (χ0v) is 10.8. The lowest BCUT2D eigenvalue weighted by atomic mass is 10.2. The number of benzene rings is 2. The fourth-order valence-corrected chi connectivity index (χ4v) is 1.81. The van der Waals surface area contributed by atoms with Crippen molar-refractivity contribution in [2.75, 3.05) is 5.73 Å². The molecule has 0 saturated carbocycles. The summed E-state index contributed by atoms with van der Waals surface area (Å²) < 4.78 is 5.62. The predicted molar refractivity (Wildman–Crippen MR) is 73.8 cm³/mol. The maximum absolute atomic E-state index is 10.6. The molecule has 98 valence electrons. The Labute approximate surface area is 114 Å². The number of nitrogens with zero attached hydrogens (tertiary/aromatic N) is 1. The van der Waals surface area contributed by atoms with Crippen molar-refractivity contribution in [3.05, 3.63) is 57.1 Å². The number of hydrogen-bond donors (Lipinski definition) is 1. The van der Waals surface area contributed by atoms with E-state index in [-0.39, 0.29) is 11.4 Å². The van der Waals surface area contributed by atoms with Crippen LogP contribution in [0.4, 0.5) is 11.4 Å². The highest BCUT2D eigenvalue weighted by Crippen LogP contribution is 2.32. The number of nitrogens with two attached hydrogens (primary N) is 1. The summed E-state index contributed by atoms with van der Waals surface area (Å²) in [6.45, 7) is 1.85. The first kappa shape index (κ1) is 13.2. The molecule has 0 amide bonds. The monoisotopic (exact) mass is 278 g/mol. The Morgan fingerprint density at radius 3 is 2.47 bits per heavy atom. The highest BCUT2D eigenvalue weighted by Gasteiger charge is 2.11. The maximum Gasteiger partial charge on any atom is 0.271 e. The Balaban J connectivity index is 2.31. The van der Waals surface area contributed by atoms with E-state index in [9.17, 15) is 10.1 Å². The number of anilines is 1. The zero-order valence-electron chi connectivity index (χ0n) is 10.1. The van der Waals surface area contributed by atoms with Crippen LogP contribution in [0.15, 0.2) is 36.4 Å². The van der Waals surface area contributed by atoms with Crippen LogP contribution in [0, 0.1) is 17.0 Å². The van der Waals surface area contributed by atoms with Gasteiger partial charge >= 0.3 is 0 Å². The Bertz CT molecular complexity index is 644. The average molecular weight is 279 g/mol. The SMILES string of the molecule is Cc1cc(Cl)ccc1Oc1ccc([N+](=O)[O-])cc1N. The molecule has 2 aromatic rings. The highest BCUT2D eigenvalue weighted by molar-refractivity contribution is 6.30. The summed E-state index contributed by atoms with van der Waals surface area (Å²) in [7, 11) is 0. The van der Waals surface area contributed by atoms with Crippen LogP contribution in [0.25, 0.3) is 0 Å². The van der Waals surface area contributed by atoms with Gasteiger partial charge in [-0.3, -0.25) is 10.1 Å². The second-order valence-corrected chi connectivity index (χ2v) is 4.43. The Kier molecular flexibility index (Phi) is 3.57. The topological polar surface area (TPSA) is 78.4 Å². The van der Waals surface area contributed by atoms with Crippen LogP contribution in [0.3, 0.4) is 0 Å².